The van der Waals surface area contributed by atoms with Crippen LogP contribution in [0.2, 0.25) is 0 Å². The molecule has 1 amide bonds. The summed E-state index contributed by atoms with van der Waals surface area (Å²) in [4.78, 5) is 14.2. The minimum Gasteiger partial charge on any atom is -0.483 e. The van der Waals surface area contributed by atoms with Crippen molar-refractivity contribution < 1.29 is 9.53 Å². The number of para-hydroxylation sites is 1. The zero-order valence-corrected chi connectivity index (χ0v) is 18.2. The van der Waals surface area contributed by atoms with Gasteiger partial charge in [-0.25, -0.2) is 5.43 Å². The number of halogens is 1. The molecular formula is C22H19IN2O2S. The minimum absolute atomic E-state index is 0.0799. The van der Waals surface area contributed by atoms with Crippen LogP contribution in [0.1, 0.15) is 11.1 Å². The molecule has 3 aromatic carbocycles. The highest BCUT2D eigenvalue weighted by Gasteiger charge is 2.04. The molecule has 0 saturated heterocycles. The van der Waals surface area contributed by atoms with E-state index in [9.17, 15) is 4.79 Å². The molecule has 4 nitrogen and oxygen atoms in total. The first kappa shape index (κ1) is 20.4. The van der Waals surface area contributed by atoms with Crippen LogP contribution in [0.4, 0.5) is 0 Å². The number of ether oxygens (including phenoxy) is 1. The number of nitrogens with zero attached hydrogens (tertiary/aromatic N) is 1. The van der Waals surface area contributed by atoms with Crippen molar-refractivity contribution in [2.45, 2.75) is 16.7 Å². The molecule has 28 heavy (non-hydrogen) atoms. The molecule has 0 aliphatic carbocycles. The Hall–Kier alpha value is -2.32. The Morgan fingerprint density at radius 3 is 2.36 bits per heavy atom. The Morgan fingerprint density at radius 1 is 1.04 bits per heavy atom. The first-order valence-electron chi connectivity index (χ1n) is 8.64. The van der Waals surface area contributed by atoms with Crippen molar-refractivity contribution in [1.29, 1.82) is 0 Å². The normalized spacial score (nSPS) is 10.8. The molecule has 0 saturated carbocycles. The first-order chi connectivity index (χ1) is 13.6. The van der Waals surface area contributed by atoms with Crippen LogP contribution < -0.4 is 10.2 Å². The Kier molecular flexibility index (Phi) is 7.50. The maximum absolute atomic E-state index is 11.8. The number of hydrazone groups is 1. The number of rotatable bonds is 7. The van der Waals surface area contributed by atoms with Crippen molar-refractivity contribution in [2.75, 3.05) is 6.61 Å². The number of carbonyl (C=O) groups excluding carboxylic acids is 1. The van der Waals surface area contributed by atoms with Gasteiger partial charge in [-0.1, -0.05) is 53.7 Å². The summed E-state index contributed by atoms with van der Waals surface area (Å²) in [5, 5.41) is 3.99. The highest BCUT2D eigenvalue weighted by molar-refractivity contribution is 14.1. The van der Waals surface area contributed by atoms with E-state index < -0.39 is 0 Å². The molecule has 0 fully saturated rings. The maximum atomic E-state index is 11.8. The zero-order chi connectivity index (χ0) is 19.8. The van der Waals surface area contributed by atoms with Crippen LogP contribution in [-0.4, -0.2) is 18.7 Å². The standard InChI is InChI=1S/C22H19IN2O2S/c1-16-6-10-18(11-7-16)28-19-12-8-17(9-13-19)14-24-25-22(26)15-27-21-5-3-2-4-20(21)23/h2-14H,15H2,1H3,(H,25,26)/b24-14+. The van der Waals surface area contributed by atoms with E-state index in [2.05, 4.69) is 64.3 Å². The largest absolute Gasteiger partial charge is 0.483 e. The number of aryl methyl sites for hydroxylation is 1. The molecule has 0 spiro atoms. The average molecular weight is 502 g/mol. The van der Waals surface area contributed by atoms with Gasteiger partial charge in [-0.05, 0) is 71.5 Å². The molecule has 142 valence electrons. The summed E-state index contributed by atoms with van der Waals surface area (Å²) in [5.41, 5.74) is 4.64. The fourth-order valence-electron chi connectivity index (χ4n) is 2.28. The fourth-order valence-corrected chi connectivity index (χ4v) is 3.64. The SMILES string of the molecule is Cc1ccc(Sc2ccc(/C=N/NC(=O)COc3ccccc3I)cc2)cc1. The topological polar surface area (TPSA) is 50.7 Å². The third-order valence-electron chi connectivity index (χ3n) is 3.74. The van der Waals surface area contributed by atoms with Gasteiger partial charge >= 0.3 is 0 Å². The molecule has 0 aromatic heterocycles. The van der Waals surface area contributed by atoms with Crippen molar-refractivity contribution in [3.05, 3.63) is 87.5 Å². The molecule has 0 aliphatic heterocycles. The summed E-state index contributed by atoms with van der Waals surface area (Å²) in [6, 6.07) is 24.0. The van der Waals surface area contributed by atoms with Crippen molar-refractivity contribution in [3.63, 3.8) is 0 Å². The molecule has 0 radical (unpaired) electrons. The van der Waals surface area contributed by atoms with Crippen LogP contribution in [0.5, 0.6) is 5.75 Å². The Morgan fingerprint density at radius 2 is 1.68 bits per heavy atom. The molecule has 0 heterocycles. The van der Waals surface area contributed by atoms with Crippen LogP contribution in [0.3, 0.4) is 0 Å². The summed E-state index contributed by atoms with van der Waals surface area (Å²) in [6.07, 6.45) is 1.62. The number of amides is 1. The van der Waals surface area contributed by atoms with Crippen LogP contribution in [-0.2, 0) is 4.79 Å². The summed E-state index contributed by atoms with van der Waals surface area (Å²) in [5.74, 6) is 0.381. The van der Waals surface area contributed by atoms with E-state index >= 15 is 0 Å². The zero-order valence-electron chi connectivity index (χ0n) is 15.3. The molecule has 0 aliphatic rings. The second-order valence-corrected chi connectivity index (χ2v) is 8.31. The number of hydrogen-bond acceptors (Lipinski definition) is 4. The summed E-state index contributed by atoms with van der Waals surface area (Å²) < 4.78 is 6.44. The number of hydrogen-bond donors (Lipinski definition) is 1. The van der Waals surface area contributed by atoms with E-state index in [0.29, 0.717) is 5.75 Å². The van der Waals surface area contributed by atoms with Gasteiger partial charge < -0.3 is 4.74 Å². The average Bonchev–Trinajstić information content (AvgIpc) is 2.70. The van der Waals surface area contributed by atoms with E-state index in [1.165, 1.54) is 10.5 Å². The van der Waals surface area contributed by atoms with E-state index in [0.717, 1.165) is 14.0 Å². The molecule has 6 heteroatoms. The third kappa shape index (κ3) is 6.38. The summed E-state index contributed by atoms with van der Waals surface area (Å²) >= 11 is 3.87. The fraction of sp³-hybridized carbons (Fsp3) is 0.0909. The molecule has 3 aromatic rings. The second-order valence-electron chi connectivity index (χ2n) is 6.00. The van der Waals surface area contributed by atoms with Crippen LogP contribution in [0, 0.1) is 10.5 Å². The van der Waals surface area contributed by atoms with Crippen molar-refractivity contribution in [2.24, 2.45) is 5.10 Å². The third-order valence-corrected chi connectivity index (χ3v) is 5.64. The summed E-state index contributed by atoms with van der Waals surface area (Å²) in [7, 11) is 0. The second kappa shape index (κ2) is 10.3. The molecular weight excluding hydrogens is 483 g/mol. The molecule has 1 N–H and O–H groups in total. The van der Waals surface area contributed by atoms with Crippen molar-refractivity contribution >= 4 is 46.5 Å². The predicted octanol–water partition coefficient (Wildman–Crippen LogP) is 5.28. The van der Waals surface area contributed by atoms with Gasteiger partial charge in [0, 0.05) is 9.79 Å². The smallest absolute Gasteiger partial charge is 0.277 e. The van der Waals surface area contributed by atoms with Gasteiger partial charge in [-0.3, -0.25) is 4.79 Å². The van der Waals surface area contributed by atoms with Crippen LogP contribution in [0.15, 0.2) is 87.7 Å². The van der Waals surface area contributed by atoms with E-state index in [1.54, 1.807) is 18.0 Å². The van der Waals surface area contributed by atoms with Gasteiger partial charge in [-0.15, -0.1) is 0 Å². The van der Waals surface area contributed by atoms with Crippen LogP contribution in [0.25, 0.3) is 0 Å². The van der Waals surface area contributed by atoms with Gasteiger partial charge in [0.1, 0.15) is 5.75 Å². The van der Waals surface area contributed by atoms with Gasteiger partial charge in [0.25, 0.3) is 5.91 Å². The highest BCUT2D eigenvalue weighted by Crippen LogP contribution is 2.27. The van der Waals surface area contributed by atoms with Gasteiger partial charge in [-0.2, -0.15) is 5.10 Å². The Balaban J connectivity index is 1.47. The molecule has 0 unspecified atom stereocenters. The van der Waals surface area contributed by atoms with Crippen LogP contribution >= 0.6 is 34.4 Å². The lowest BCUT2D eigenvalue weighted by Crippen LogP contribution is -2.24. The van der Waals surface area contributed by atoms with Gasteiger partial charge in [0.05, 0.1) is 9.78 Å². The Bertz CT molecular complexity index is 957. The predicted molar refractivity (Wildman–Crippen MR) is 122 cm³/mol. The monoisotopic (exact) mass is 502 g/mol. The number of nitrogens with one attached hydrogen (secondary N) is 1. The molecule has 0 atom stereocenters. The maximum Gasteiger partial charge on any atom is 0.277 e. The van der Waals surface area contributed by atoms with E-state index in [1.807, 2.05) is 48.5 Å². The number of benzene rings is 3. The van der Waals surface area contributed by atoms with Crippen molar-refractivity contribution in [1.82, 2.24) is 5.43 Å². The Labute approximate surface area is 182 Å². The lowest BCUT2D eigenvalue weighted by molar-refractivity contribution is -0.123. The highest BCUT2D eigenvalue weighted by atomic mass is 127. The minimum atomic E-state index is -0.303. The molecule has 3 rings (SSSR count). The summed E-state index contributed by atoms with van der Waals surface area (Å²) in [6.45, 7) is 2.00. The van der Waals surface area contributed by atoms with Gasteiger partial charge in [0.15, 0.2) is 6.61 Å². The van der Waals surface area contributed by atoms with Crippen molar-refractivity contribution in [3.8, 4) is 5.75 Å². The quantitative estimate of drug-likeness (QED) is 0.272. The van der Waals surface area contributed by atoms with E-state index in [-0.39, 0.29) is 12.5 Å². The number of carbonyl (C=O) groups is 1. The lowest BCUT2D eigenvalue weighted by Gasteiger charge is -2.06. The lowest BCUT2D eigenvalue weighted by atomic mass is 10.2. The molecule has 0 bridgehead atoms. The van der Waals surface area contributed by atoms with Gasteiger partial charge in [0.2, 0.25) is 0 Å². The van der Waals surface area contributed by atoms with E-state index in [4.69, 9.17) is 4.74 Å². The first-order valence-corrected chi connectivity index (χ1v) is 10.5.